The fourth-order valence-electron chi connectivity index (χ4n) is 6.18. The van der Waals surface area contributed by atoms with E-state index in [1.165, 1.54) is 12.8 Å². The second-order valence-electron chi connectivity index (χ2n) is 12.5. The van der Waals surface area contributed by atoms with Crippen LogP contribution in [0.1, 0.15) is 87.0 Å². The van der Waals surface area contributed by atoms with E-state index < -0.39 is 7.60 Å². The van der Waals surface area contributed by atoms with Crippen LogP contribution in [0, 0.1) is 41.4 Å². The van der Waals surface area contributed by atoms with Crippen LogP contribution in [0.4, 0.5) is 0 Å². The van der Waals surface area contributed by atoms with Crippen LogP contribution in [0.25, 0.3) is 0 Å². The molecule has 1 aromatic rings. The Hall–Kier alpha value is -0.830. The van der Waals surface area contributed by atoms with Gasteiger partial charge in [0.15, 0.2) is 0 Å². The molecule has 5 heteroatoms. The Morgan fingerprint density at radius 3 is 1.74 bits per heavy atom. The summed E-state index contributed by atoms with van der Waals surface area (Å²) in [6.07, 6.45) is 7.10. The molecule has 2 aliphatic carbocycles. The van der Waals surface area contributed by atoms with Crippen molar-refractivity contribution in [1.29, 1.82) is 0 Å². The van der Waals surface area contributed by atoms with Gasteiger partial charge in [-0.2, -0.15) is 0 Å². The highest BCUT2D eigenvalue weighted by Crippen LogP contribution is 2.57. The maximum Gasteiger partial charge on any atom is 0.331 e. The Kier molecular flexibility index (Phi) is 10.8. The van der Waals surface area contributed by atoms with Gasteiger partial charge in [-0.1, -0.05) is 79.5 Å². The van der Waals surface area contributed by atoms with Crippen molar-refractivity contribution in [1.82, 2.24) is 0 Å². The fourth-order valence-corrected chi connectivity index (χ4v) is 8.59. The largest absolute Gasteiger partial charge is 0.493 e. The van der Waals surface area contributed by atoms with Crippen LogP contribution in [0.5, 0.6) is 5.75 Å². The zero-order valence-electron chi connectivity index (χ0n) is 23.3. The molecule has 0 aromatic heterocycles. The molecule has 2 aliphatic rings. The first-order chi connectivity index (χ1) is 16.6. The van der Waals surface area contributed by atoms with Crippen LogP contribution >= 0.6 is 7.60 Å². The summed E-state index contributed by atoms with van der Waals surface area (Å²) in [6.45, 7) is 16.3. The molecule has 35 heavy (non-hydrogen) atoms. The molecule has 1 unspecified atom stereocenters. The summed E-state index contributed by atoms with van der Waals surface area (Å²) in [6, 6.07) is 9.87. The Bertz CT molecular complexity index is 757. The zero-order chi connectivity index (χ0) is 25.6. The van der Waals surface area contributed by atoms with E-state index in [2.05, 4.69) is 48.5 Å². The van der Waals surface area contributed by atoms with Crippen molar-refractivity contribution < 1.29 is 18.3 Å². The molecule has 0 N–H and O–H groups in total. The number of benzene rings is 1. The lowest BCUT2D eigenvalue weighted by atomic mass is 9.75. The van der Waals surface area contributed by atoms with E-state index in [9.17, 15) is 4.57 Å². The highest BCUT2D eigenvalue weighted by Gasteiger charge is 2.42. The van der Waals surface area contributed by atoms with Gasteiger partial charge in [-0.25, -0.2) is 0 Å². The maximum absolute atomic E-state index is 14.6. The lowest BCUT2D eigenvalue weighted by molar-refractivity contribution is -0.00447. The van der Waals surface area contributed by atoms with Crippen LogP contribution in [-0.2, 0) is 13.6 Å². The highest BCUT2D eigenvalue weighted by molar-refractivity contribution is 7.53. The van der Waals surface area contributed by atoms with E-state index in [-0.39, 0.29) is 18.1 Å². The van der Waals surface area contributed by atoms with Gasteiger partial charge < -0.3 is 13.8 Å². The minimum Gasteiger partial charge on any atom is -0.493 e. The lowest BCUT2D eigenvalue weighted by Gasteiger charge is -2.42. The SMILES string of the molecule is CC(COc1ccccc1)CP(=O)(O[C@@H]1C[C@H](C)CC[C@H]1C(C)C)O[C@@H]1C[C@H](C)CC[C@H]1C(C)C. The van der Waals surface area contributed by atoms with Crippen molar-refractivity contribution in [3.8, 4) is 5.75 Å². The Morgan fingerprint density at radius 1 is 0.800 bits per heavy atom. The second-order valence-corrected chi connectivity index (χ2v) is 14.5. The summed E-state index contributed by atoms with van der Waals surface area (Å²) >= 11 is 0. The molecule has 0 bridgehead atoms. The zero-order valence-corrected chi connectivity index (χ0v) is 24.2. The molecular weight excluding hydrogens is 455 g/mol. The van der Waals surface area contributed by atoms with Crippen LogP contribution in [0.15, 0.2) is 30.3 Å². The molecule has 0 spiro atoms. The summed E-state index contributed by atoms with van der Waals surface area (Å²) < 4.78 is 34.0. The van der Waals surface area contributed by atoms with Gasteiger partial charge in [0.05, 0.1) is 25.0 Å². The van der Waals surface area contributed by atoms with E-state index in [0.717, 1.165) is 31.4 Å². The molecule has 0 heterocycles. The molecule has 2 saturated carbocycles. The average Bonchev–Trinajstić information content (AvgIpc) is 2.77. The molecule has 0 aliphatic heterocycles. The van der Waals surface area contributed by atoms with Crippen molar-refractivity contribution in [3.05, 3.63) is 30.3 Å². The van der Waals surface area contributed by atoms with Crippen LogP contribution in [-0.4, -0.2) is 25.0 Å². The molecule has 0 amide bonds. The van der Waals surface area contributed by atoms with Gasteiger partial charge in [0.2, 0.25) is 0 Å². The predicted molar refractivity (Wildman–Crippen MR) is 146 cm³/mol. The Morgan fingerprint density at radius 2 is 1.29 bits per heavy atom. The fraction of sp³-hybridized carbons (Fsp3) is 0.800. The number of ether oxygens (including phenoxy) is 1. The molecule has 0 radical (unpaired) electrons. The van der Waals surface area contributed by atoms with Gasteiger partial charge in [-0.3, -0.25) is 4.57 Å². The van der Waals surface area contributed by atoms with Crippen LogP contribution in [0.2, 0.25) is 0 Å². The standard InChI is InChI=1S/C30H51O4P/c1-21(2)27-15-13-23(5)17-29(27)33-35(31,20-25(7)19-32-26-11-9-8-10-12-26)34-30-18-24(6)14-16-28(30)22(3)4/h8-12,21-25,27-30H,13-20H2,1-7H3/t23-,24-,25?,27+,28+,29-,30-/m1/s1. The van der Waals surface area contributed by atoms with Crippen LogP contribution in [0.3, 0.4) is 0 Å². The van der Waals surface area contributed by atoms with E-state index >= 15 is 0 Å². The first-order valence-corrected chi connectivity index (χ1v) is 15.9. The normalized spacial score (nSPS) is 31.0. The summed E-state index contributed by atoms with van der Waals surface area (Å²) in [7, 11) is -3.32. The van der Waals surface area contributed by atoms with Crippen molar-refractivity contribution in [2.75, 3.05) is 12.8 Å². The molecule has 7 atom stereocenters. The highest BCUT2D eigenvalue weighted by atomic mass is 31.2. The number of rotatable bonds is 11. The minimum atomic E-state index is -3.32. The van der Waals surface area contributed by atoms with Gasteiger partial charge in [0.25, 0.3) is 0 Å². The number of hydrogen-bond acceptors (Lipinski definition) is 4. The second kappa shape index (κ2) is 13.1. The summed E-state index contributed by atoms with van der Waals surface area (Å²) in [5.74, 6) is 4.00. The van der Waals surface area contributed by atoms with Crippen molar-refractivity contribution in [3.63, 3.8) is 0 Å². The first kappa shape index (κ1) is 28.7. The van der Waals surface area contributed by atoms with Crippen molar-refractivity contribution in [2.24, 2.45) is 41.4 Å². The Balaban J connectivity index is 1.78. The minimum absolute atomic E-state index is 0.00494. The maximum atomic E-state index is 14.6. The third kappa shape index (κ3) is 8.61. The summed E-state index contributed by atoms with van der Waals surface area (Å²) in [5, 5.41) is 0. The summed E-state index contributed by atoms with van der Waals surface area (Å²) in [4.78, 5) is 0. The van der Waals surface area contributed by atoms with E-state index in [1.54, 1.807) is 0 Å². The van der Waals surface area contributed by atoms with Crippen molar-refractivity contribution in [2.45, 2.75) is 99.2 Å². The lowest BCUT2D eigenvalue weighted by Crippen LogP contribution is -2.37. The van der Waals surface area contributed by atoms with Gasteiger partial charge in [0, 0.05) is 5.92 Å². The third-order valence-electron chi connectivity index (χ3n) is 8.33. The molecule has 3 rings (SSSR count). The van der Waals surface area contributed by atoms with Crippen molar-refractivity contribution >= 4 is 7.60 Å². The van der Waals surface area contributed by atoms with E-state index in [1.807, 2.05) is 30.3 Å². The van der Waals surface area contributed by atoms with E-state index in [4.69, 9.17) is 13.8 Å². The predicted octanol–water partition coefficient (Wildman–Crippen LogP) is 8.85. The Labute approximate surface area is 215 Å². The molecular formula is C30H51O4P. The third-order valence-corrected chi connectivity index (χ3v) is 10.6. The quantitative estimate of drug-likeness (QED) is 0.281. The molecule has 1 aromatic carbocycles. The molecule has 0 saturated heterocycles. The molecule has 200 valence electrons. The topological polar surface area (TPSA) is 44.8 Å². The molecule has 2 fully saturated rings. The van der Waals surface area contributed by atoms with E-state index in [0.29, 0.717) is 48.3 Å². The summed E-state index contributed by atoms with van der Waals surface area (Å²) in [5.41, 5.74) is 0. The smallest absolute Gasteiger partial charge is 0.331 e. The van der Waals surface area contributed by atoms with Gasteiger partial charge in [-0.15, -0.1) is 0 Å². The van der Waals surface area contributed by atoms with Gasteiger partial charge in [0.1, 0.15) is 5.75 Å². The van der Waals surface area contributed by atoms with Gasteiger partial charge in [-0.05, 0) is 73.3 Å². The van der Waals surface area contributed by atoms with Gasteiger partial charge >= 0.3 is 7.60 Å². The first-order valence-electron chi connectivity index (χ1n) is 14.2. The number of hydrogen-bond donors (Lipinski definition) is 0. The monoisotopic (exact) mass is 506 g/mol. The molecule has 4 nitrogen and oxygen atoms in total. The number of para-hydroxylation sites is 1. The average molecular weight is 507 g/mol. The van der Waals surface area contributed by atoms with Crippen LogP contribution < -0.4 is 4.74 Å².